The van der Waals surface area contributed by atoms with Crippen molar-refractivity contribution in [2.75, 3.05) is 20.8 Å². The van der Waals surface area contributed by atoms with Crippen LogP contribution in [0.1, 0.15) is 11.6 Å². The van der Waals surface area contributed by atoms with Crippen LogP contribution in [0.4, 0.5) is 0 Å². The van der Waals surface area contributed by atoms with Crippen LogP contribution in [0.3, 0.4) is 0 Å². The topological polar surface area (TPSA) is 68.9 Å². The third-order valence-electron chi connectivity index (χ3n) is 2.58. The fourth-order valence-electron chi connectivity index (χ4n) is 1.82. The van der Waals surface area contributed by atoms with Gasteiger partial charge in [0.1, 0.15) is 0 Å². The molecule has 1 atom stereocenters. The summed E-state index contributed by atoms with van der Waals surface area (Å²) in [6.07, 6.45) is 0. The summed E-state index contributed by atoms with van der Waals surface area (Å²) in [6.45, 7) is 0.620. The summed E-state index contributed by atoms with van der Waals surface area (Å²) in [5, 5.41) is 3.09. The molecule has 0 radical (unpaired) electrons. The highest BCUT2D eigenvalue weighted by Crippen LogP contribution is 2.35. The molecule has 1 aliphatic rings. The van der Waals surface area contributed by atoms with Gasteiger partial charge >= 0.3 is 0 Å². The Morgan fingerprint density at radius 1 is 1.38 bits per heavy atom. The number of nitrogens with two attached hydrogens (primary N) is 1. The Kier molecular flexibility index (Phi) is 2.85. The number of para-hydroxylation sites is 1. The van der Waals surface area contributed by atoms with Gasteiger partial charge in [-0.05, 0) is 6.07 Å². The maximum absolute atomic E-state index is 5.59. The molecule has 1 unspecified atom stereocenters. The number of guanidine groups is 1. The minimum atomic E-state index is 0.0602. The number of hydrogen-bond acceptors (Lipinski definition) is 5. The number of nitrogens with zero attached hydrogens (tertiary/aromatic N) is 1. The summed E-state index contributed by atoms with van der Waals surface area (Å²) in [5.41, 5.74) is 6.60. The normalized spacial score (nSPS) is 18.9. The zero-order valence-corrected chi connectivity index (χ0v) is 9.36. The molecule has 0 spiro atoms. The lowest BCUT2D eigenvalue weighted by Gasteiger charge is -2.17. The number of hydrogen-bond donors (Lipinski definition) is 2. The molecule has 86 valence electrons. The van der Waals surface area contributed by atoms with E-state index in [-0.39, 0.29) is 6.04 Å². The smallest absolute Gasteiger partial charge is 0.189 e. The summed E-state index contributed by atoms with van der Waals surface area (Å²) in [7, 11) is 3.25. The average molecular weight is 221 g/mol. The molecule has 1 aromatic carbocycles. The molecule has 0 saturated heterocycles. The highest BCUT2D eigenvalue weighted by Gasteiger charge is 2.22. The summed E-state index contributed by atoms with van der Waals surface area (Å²) in [4.78, 5) is 4.11. The molecule has 1 aliphatic heterocycles. The van der Waals surface area contributed by atoms with Crippen LogP contribution in [0.25, 0.3) is 0 Å². The molecule has 2 rings (SSSR count). The van der Waals surface area contributed by atoms with Crippen molar-refractivity contribution in [3.8, 4) is 11.5 Å². The van der Waals surface area contributed by atoms with Gasteiger partial charge in [-0.2, -0.15) is 0 Å². The highest BCUT2D eigenvalue weighted by molar-refractivity contribution is 5.80. The first-order chi connectivity index (χ1) is 7.76. The van der Waals surface area contributed by atoms with E-state index in [1.807, 2.05) is 18.2 Å². The van der Waals surface area contributed by atoms with E-state index in [4.69, 9.17) is 15.2 Å². The van der Waals surface area contributed by atoms with E-state index in [1.165, 1.54) is 0 Å². The Morgan fingerprint density at radius 3 is 2.75 bits per heavy atom. The lowest BCUT2D eigenvalue weighted by Crippen LogP contribution is -2.29. The van der Waals surface area contributed by atoms with Crippen molar-refractivity contribution in [1.29, 1.82) is 0 Å². The molecule has 0 bridgehead atoms. The average Bonchev–Trinajstić information content (AvgIpc) is 2.74. The zero-order valence-electron chi connectivity index (χ0n) is 9.36. The predicted octanol–water partition coefficient (Wildman–Crippen LogP) is 0.663. The van der Waals surface area contributed by atoms with Crippen LogP contribution in [-0.2, 0) is 0 Å². The SMILES string of the molecule is COc1cccc(C2CN=C(N)N2)c1OC. The first kappa shape index (κ1) is 10.6. The van der Waals surface area contributed by atoms with E-state index in [0.29, 0.717) is 18.3 Å². The summed E-state index contributed by atoms with van der Waals surface area (Å²) < 4.78 is 10.6. The third-order valence-corrected chi connectivity index (χ3v) is 2.58. The molecular formula is C11H15N3O2. The fourth-order valence-corrected chi connectivity index (χ4v) is 1.82. The van der Waals surface area contributed by atoms with Gasteiger partial charge in [0.25, 0.3) is 0 Å². The van der Waals surface area contributed by atoms with Crippen molar-refractivity contribution in [2.45, 2.75) is 6.04 Å². The van der Waals surface area contributed by atoms with Gasteiger partial charge < -0.3 is 20.5 Å². The van der Waals surface area contributed by atoms with Crippen LogP contribution in [0, 0.1) is 0 Å². The molecule has 0 fully saturated rings. The summed E-state index contributed by atoms with van der Waals surface area (Å²) in [5.74, 6) is 1.91. The van der Waals surface area contributed by atoms with Crippen LogP contribution >= 0.6 is 0 Å². The van der Waals surface area contributed by atoms with Crippen molar-refractivity contribution >= 4 is 5.96 Å². The molecule has 0 amide bonds. The van der Waals surface area contributed by atoms with Gasteiger partial charge in [0, 0.05) is 5.56 Å². The van der Waals surface area contributed by atoms with E-state index in [1.54, 1.807) is 14.2 Å². The lowest BCUT2D eigenvalue weighted by molar-refractivity contribution is 0.349. The second kappa shape index (κ2) is 4.30. The van der Waals surface area contributed by atoms with Gasteiger partial charge in [-0.25, -0.2) is 0 Å². The minimum absolute atomic E-state index is 0.0602. The Morgan fingerprint density at radius 2 is 2.19 bits per heavy atom. The minimum Gasteiger partial charge on any atom is -0.493 e. The van der Waals surface area contributed by atoms with Crippen molar-refractivity contribution in [2.24, 2.45) is 10.7 Å². The fraction of sp³-hybridized carbons (Fsp3) is 0.364. The van der Waals surface area contributed by atoms with Gasteiger partial charge in [-0.3, -0.25) is 4.99 Å². The zero-order chi connectivity index (χ0) is 11.5. The van der Waals surface area contributed by atoms with Crippen LogP contribution in [0.15, 0.2) is 23.2 Å². The largest absolute Gasteiger partial charge is 0.493 e. The molecule has 1 heterocycles. The van der Waals surface area contributed by atoms with Crippen molar-refractivity contribution in [3.05, 3.63) is 23.8 Å². The standard InChI is InChI=1S/C11H15N3O2/c1-15-9-5-3-4-7(10(9)16-2)8-6-13-11(12)14-8/h3-5,8H,6H2,1-2H3,(H3,12,13,14). The van der Waals surface area contributed by atoms with E-state index in [9.17, 15) is 0 Å². The first-order valence-corrected chi connectivity index (χ1v) is 5.03. The van der Waals surface area contributed by atoms with E-state index >= 15 is 0 Å². The number of nitrogens with one attached hydrogen (secondary N) is 1. The number of benzene rings is 1. The van der Waals surface area contributed by atoms with E-state index in [2.05, 4.69) is 10.3 Å². The maximum Gasteiger partial charge on any atom is 0.189 e. The van der Waals surface area contributed by atoms with Crippen molar-refractivity contribution in [3.63, 3.8) is 0 Å². The van der Waals surface area contributed by atoms with Crippen molar-refractivity contribution < 1.29 is 9.47 Å². The van der Waals surface area contributed by atoms with Crippen LogP contribution in [-0.4, -0.2) is 26.7 Å². The number of aliphatic imine (C=N–C) groups is 1. The van der Waals surface area contributed by atoms with Crippen LogP contribution in [0.2, 0.25) is 0 Å². The molecule has 0 aromatic heterocycles. The van der Waals surface area contributed by atoms with Gasteiger partial charge in [-0.1, -0.05) is 12.1 Å². The second-order valence-corrected chi connectivity index (χ2v) is 3.51. The Hall–Kier alpha value is -1.91. The van der Waals surface area contributed by atoms with E-state index < -0.39 is 0 Å². The molecule has 1 aromatic rings. The van der Waals surface area contributed by atoms with Crippen molar-refractivity contribution in [1.82, 2.24) is 5.32 Å². The molecule has 3 N–H and O–H groups in total. The maximum atomic E-state index is 5.59. The van der Waals surface area contributed by atoms with Gasteiger partial charge in [0.2, 0.25) is 0 Å². The first-order valence-electron chi connectivity index (χ1n) is 5.03. The predicted molar refractivity (Wildman–Crippen MR) is 61.9 cm³/mol. The monoisotopic (exact) mass is 221 g/mol. The molecule has 16 heavy (non-hydrogen) atoms. The lowest BCUT2D eigenvalue weighted by atomic mass is 10.1. The quantitative estimate of drug-likeness (QED) is 0.786. The second-order valence-electron chi connectivity index (χ2n) is 3.51. The molecular weight excluding hydrogens is 206 g/mol. The molecule has 0 aliphatic carbocycles. The van der Waals surface area contributed by atoms with Crippen LogP contribution < -0.4 is 20.5 Å². The highest BCUT2D eigenvalue weighted by atomic mass is 16.5. The Balaban J connectivity index is 2.33. The molecule has 0 saturated carbocycles. The van der Waals surface area contributed by atoms with Gasteiger partial charge in [0.15, 0.2) is 17.5 Å². The molecule has 5 heteroatoms. The number of rotatable bonds is 3. The van der Waals surface area contributed by atoms with Crippen LogP contribution in [0.5, 0.6) is 11.5 Å². The summed E-state index contributed by atoms with van der Waals surface area (Å²) >= 11 is 0. The summed E-state index contributed by atoms with van der Waals surface area (Å²) in [6, 6.07) is 5.83. The van der Waals surface area contributed by atoms with Gasteiger partial charge in [0.05, 0.1) is 26.8 Å². The number of methoxy groups -OCH3 is 2. The third kappa shape index (κ3) is 1.76. The van der Waals surface area contributed by atoms with E-state index in [0.717, 1.165) is 11.3 Å². The Labute approximate surface area is 94.3 Å². The number of ether oxygens (including phenoxy) is 2. The molecule has 5 nitrogen and oxygen atoms in total. The van der Waals surface area contributed by atoms with Gasteiger partial charge in [-0.15, -0.1) is 0 Å². The Bertz CT molecular complexity index is 418.